The summed E-state index contributed by atoms with van der Waals surface area (Å²) in [6.45, 7) is 6.61. The van der Waals surface area contributed by atoms with Crippen LogP contribution < -0.4 is 5.30 Å². The highest BCUT2D eigenvalue weighted by atomic mass is 35.7. The quantitative estimate of drug-likeness (QED) is 0.643. The summed E-state index contributed by atoms with van der Waals surface area (Å²) in [7, 11) is -0.689. The second kappa shape index (κ2) is 5.43. The normalized spacial score (nSPS) is 13.3. The van der Waals surface area contributed by atoms with Crippen LogP contribution in [0.25, 0.3) is 11.1 Å². The summed E-state index contributed by atoms with van der Waals surface area (Å²) in [6.07, 6.45) is 0. The maximum atomic E-state index is 6.70. The molecule has 1 atom stereocenters. The van der Waals surface area contributed by atoms with Gasteiger partial charge in [-0.3, -0.25) is 0 Å². The summed E-state index contributed by atoms with van der Waals surface area (Å²) in [5, 5.41) is 1.38. The Bertz CT molecular complexity index is 514. The zero-order chi connectivity index (χ0) is 13.2. The smallest absolute Gasteiger partial charge is 0.0274 e. The van der Waals surface area contributed by atoms with Crippen LogP contribution in [0, 0.1) is 0 Å². The van der Waals surface area contributed by atoms with E-state index in [0.717, 1.165) is 0 Å². The van der Waals surface area contributed by atoms with Crippen LogP contribution in [0.3, 0.4) is 0 Å². The van der Waals surface area contributed by atoms with Gasteiger partial charge in [0.1, 0.15) is 0 Å². The topological polar surface area (TPSA) is 0 Å². The summed E-state index contributed by atoms with van der Waals surface area (Å²) in [6, 6.07) is 18.9. The molecule has 0 spiro atoms. The SMILES string of the molecule is CC(C)(C)P(Cl)c1ccccc1-c1ccccc1. The van der Waals surface area contributed by atoms with Crippen molar-refractivity contribution in [3.63, 3.8) is 0 Å². The van der Waals surface area contributed by atoms with Gasteiger partial charge in [0, 0.05) is 7.27 Å². The van der Waals surface area contributed by atoms with E-state index in [1.165, 1.54) is 16.4 Å². The van der Waals surface area contributed by atoms with Crippen LogP contribution in [0.4, 0.5) is 0 Å². The van der Waals surface area contributed by atoms with Crippen LogP contribution in [0.2, 0.25) is 0 Å². The van der Waals surface area contributed by atoms with E-state index >= 15 is 0 Å². The highest BCUT2D eigenvalue weighted by Crippen LogP contribution is 2.54. The lowest BCUT2D eigenvalue weighted by molar-refractivity contribution is 0.796. The molecule has 1 unspecified atom stereocenters. The van der Waals surface area contributed by atoms with Crippen molar-refractivity contribution in [3.8, 4) is 11.1 Å². The van der Waals surface area contributed by atoms with Gasteiger partial charge in [-0.25, -0.2) is 0 Å². The average molecular weight is 277 g/mol. The zero-order valence-electron chi connectivity index (χ0n) is 11.0. The molecule has 0 bridgehead atoms. The van der Waals surface area contributed by atoms with Gasteiger partial charge in [-0.1, -0.05) is 86.6 Å². The molecule has 0 nitrogen and oxygen atoms in total. The Hall–Kier alpha value is -0.840. The Morgan fingerprint density at radius 3 is 2.00 bits per heavy atom. The van der Waals surface area contributed by atoms with Crippen molar-refractivity contribution in [3.05, 3.63) is 54.6 Å². The van der Waals surface area contributed by atoms with E-state index in [9.17, 15) is 0 Å². The van der Waals surface area contributed by atoms with E-state index in [1.807, 2.05) is 6.07 Å². The summed E-state index contributed by atoms with van der Waals surface area (Å²) in [5.41, 5.74) is 2.50. The van der Waals surface area contributed by atoms with Gasteiger partial charge in [-0.15, -0.1) is 0 Å². The Morgan fingerprint density at radius 1 is 0.833 bits per heavy atom. The molecule has 0 heterocycles. The molecule has 18 heavy (non-hydrogen) atoms. The van der Waals surface area contributed by atoms with Crippen molar-refractivity contribution in [2.75, 3.05) is 0 Å². The van der Waals surface area contributed by atoms with Crippen molar-refractivity contribution in [1.82, 2.24) is 0 Å². The minimum Gasteiger partial charge on any atom is -0.0906 e. The highest BCUT2D eigenvalue weighted by molar-refractivity contribution is 7.91. The van der Waals surface area contributed by atoms with Crippen LogP contribution in [0.15, 0.2) is 54.6 Å². The van der Waals surface area contributed by atoms with Gasteiger partial charge < -0.3 is 0 Å². The standard InChI is InChI=1S/C16H18ClP/c1-16(2,3)18(17)15-12-8-7-11-14(15)13-9-5-4-6-10-13/h4-12H,1-3H3. The first kappa shape index (κ1) is 13.6. The van der Waals surface area contributed by atoms with Gasteiger partial charge in [-0.05, 0) is 21.6 Å². The minimum absolute atomic E-state index is 0.113. The van der Waals surface area contributed by atoms with Gasteiger partial charge in [0.25, 0.3) is 0 Å². The molecule has 2 aromatic rings. The van der Waals surface area contributed by atoms with Crippen LogP contribution in [0.5, 0.6) is 0 Å². The highest BCUT2D eigenvalue weighted by Gasteiger charge is 2.26. The largest absolute Gasteiger partial charge is 0.0906 e. The number of rotatable bonds is 2. The summed E-state index contributed by atoms with van der Waals surface area (Å²) < 4.78 is 0. The number of halogens is 1. The van der Waals surface area contributed by atoms with Gasteiger partial charge in [0.2, 0.25) is 0 Å². The number of benzene rings is 2. The van der Waals surface area contributed by atoms with E-state index in [4.69, 9.17) is 11.2 Å². The third kappa shape index (κ3) is 2.94. The average Bonchev–Trinajstić information content (AvgIpc) is 2.38. The molecular weight excluding hydrogens is 259 g/mol. The van der Waals surface area contributed by atoms with Gasteiger partial charge >= 0.3 is 0 Å². The van der Waals surface area contributed by atoms with E-state index < -0.39 is 7.27 Å². The van der Waals surface area contributed by atoms with Crippen molar-refractivity contribution >= 4 is 23.8 Å². The molecule has 0 saturated heterocycles. The number of hydrogen-bond acceptors (Lipinski definition) is 0. The Morgan fingerprint density at radius 2 is 1.39 bits per heavy atom. The lowest BCUT2D eigenvalue weighted by Gasteiger charge is -2.27. The number of hydrogen-bond donors (Lipinski definition) is 0. The summed E-state index contributed by atoms with van der Waals surface area (Å²) in [5.74, 6) is 0. The van der Waals surface area contributed by atoms with E-state index in [2.05, 4.69) is 69.3 Å². The van der Waals surface area contributed by atoms with Crippen molar-refractivity contribution in [2.24, 2.45) is 0 Å². The van der Waals surface area contributed by atoms with Crippen LogP contribution in [-0.2, 0) is 0 Å². The Kier molecular flexibility index (Phi) is 4.10. The second-order valence-corrected chi connectivity index (χ2v) is 8.73. The molecule has 2 rings (SSSR count). The van der Waals surface area contributed by atoms with Crippen LogP contribution >= 0.6 is 18.5 Å². The fourth-order valence-electron chi connectivity index (χ4n) is 1.87. The molecular formula is C16H18ClP. The fraction of sp³-hybridized carbons (Fsp3) is 0.250. The van der Waals surface area contributed by atoms with Gasteiger partial charge in [0.05, 0.1) is 0 Å². The predicted molar refractivity (Wildman–Crippen MR) is 84.0 cm³/mol. The Balaban J connectivity index is 2.51. The second-order valence-electron chi connectivity index (χ2n) is 5.33. The molecule has 0 saturated carbocycles. The van der Waals surface area contributed by atoms with Gasteiger partial charge in [-0.2, -0.15) is 0 Å². The van der Waals surface area contributed by atoms with Crippen molar-refractivity contribution in [1.29, 1.82) is 0 Å². The zero-order valence-corrected chi connectivity index (χ0v) is 12.7. The van der Waals surface area contributed by atoms with Crippen LogP contribution in [0.1, 0.15) is 20.8 Å². The van der Waals surface area contributed by atoms with Crippen molar-refractivity contribution in [2.45, 2.75) is 25.9 Å². The lowest BCUT2D eigenvalue weighted by Crippen LogP contribution is -2.17. The van der Waals surface area contributed by atoms with E-state index in [0.29, 0.717) is 0 Å². The molecule has 0 fully saturated rings. The molecule has 0 amide bonds. The van der Waals surface area contributed by atoms with Gasteiger partial charge in [0.15, 0.2) is 0 Å². The fourth-order valence-corrected chi connectivity index (χ4v) is 3.66. The maximum absolute atomic E-state index is 6.70. The van der Waals surface area contributed by atoms with E-state index in [-0.39, 0.29) is 5.16 Å². The molecule has 0 aliphatic rings. The first-order chi connectivity index (χ1) is 8.50. The molecule has 2 heteroatoms. The molecule has 0 aromatic heterocycles. The molecule has 0 aliphatic heterocycles. The monoisotopic (exact) mass is 276 g/mol. The summed E-state index contributed by atoms with van der Waals surface area (Å²) >= 11 is 6.70. The summed E-state index contributed by atoms with van der Waals surface area (Å²) in [4.78, 5) is 0. The molecule has 0 aliphatic carbocycles. The molecule has 94 valence electrons. The minimum atomic E-state index is -0.689. The molecule has 0 radical (unpaired) electrons. The first-order valence-electron chi connectivity index (χ1n) is 6.10. The Labute approximate surface area is 116 Å². The predicted octanol–water partition coefficient (Wildman–Crippen LogP) is 5.41. The van der Waals surface area contributed by atoms with Crippen molar-refractivity contribution < 1.29 is 0 Å². The molecule has 2 aromatic carbocycles. The molecule has 0 N–H and O–H groups in total. The third-order valence-corrected chi connectivity index (χ3v) is 6.85. The first-order valence-corrected chi connectivity index (χ1v) is 8.35. The van der Waals surface area contributed by atoms with Crippen LogP contribution in [-0.4, -0.2) is 5.16 Å². The third-order valence-electron chi connectivity index (χ3n) is 2.79. The lowest BCUT2D eigenvalue weighted by atomic mass is 10.1. The maximum Gasteiger partial charge on any atom is 0.0274 e. The van der Waals surface area contributed by atoms with E-state index in [1.54, 1.807) is 0 Å².